The van der Waals surface area contributed by atoms with E-state index in [4.69, 9.17) is 9.92 Å². The molecule has 0 saturated heterocycles. The van der Waals surface area contributed by atoms with Gasteiger partial charge in [-0.2, -0.15) is 12.7 Å². The smallest absolute Gasteiger partial charge is 0.323 e. The van der Waals surface area contributed by atoms with E-state index < -0.39 is 10.2 Å². The number of benzene rings is 2. The average molecular weight is 431 g/mol. The van der Waals surface area contributed by atoms with Crippen LogP contribution in [0.5, 0.6) is 5.75 Å². The Hall–Kier alpha value is -1.62. The fraction of sp³-hybridized carbons (Fsp3) is 0.143. The summed E-state index contributed by atoms with van der Waals surface area (Å²) in [6.45, 7) is 0. The highest BCUT2D eigenvalue weighted by Gasteiger charge is 2.10. The predicted molar refractivity (Wildman–Crippen MR) is 103 cm³/mol. The van der Waals surface area contributed by atoms with Gasteiger partial charge in [-0.15, -0.1) is 4.40 Å². The van der Waals surface area contributed by atoms with E-state index >= 15 is 0 Å². The summed E-state index contributed by atoms with van der Waals surface area (Å²) >= 11 is 4.31. The van der Waals surface area contributed by atoms with Gasteiger partial charge in [-0.1, -0.05) is 30.3 Å². The third-order valence-electron chi connectivity index (χ3n) is 2.87. The van der Waals surface area contributed by atoms with Gasteiger partial charge in [-0.05, 0) is 32.8 Å². The van der Waals surface area contributed by atoms with Crippen LogP contribution in [0.15, 0.2) is 50.3 Å². The molecular formula is C14H15BrN4O3S2. The third kappa shape index (κ3) is 4.69. The number of fused-ring (bicyclic) bond motifs is 1. The van der Waals surface area contributed by atoms with Crippen molar-refractivity contribution in [2.75, 3.05) is 14.1 Å². The molecule has 0 aromatic heterocycles. The molecule has 0 atom stereocenters. The fourth-order valence-corrected chi connectivity index (χ4v) is 3.06. The second-order valence-electron chi connectivity index (χ2n) is 4.71. The topological polar surface area (TPSA) is 97.4 Å². The summed E-state index contributed by atoms with van der Waals surface area (Å²) in [7, 11) is -0.970. The van der Waals surface area contributed by atoms with Crippen LogP contribution in [0.25, 0.3) is 10.8 Å². The second-order valence-corrected chi connectivity index (χ2v) is 8.10. The molecule has 10 heteroatoms. The van der Waals surface area contributed by atoms with Crippen LogP contribution in [0.4, 0.5) is 0 Å². The van der Waals surface area contributed by atoms with Gasteiger partial charge < -0.3 is 9.92 Å². The van der Waals surface area contributed by atoms with E-state index in [-0.39, 0.29) is 5.17 Å². The fourth-order valence-electron chi connectivity index (χ4n) is 1.62. The van der Waals surface area contributed by atoms with Crippen molar-refractivity contribution < 1.29 is 12.6 Å². The van der Waals surface area contributed by atoms with Crippen molar-refractivity contribution in [2.24, 2.45) is 15.1 Å². The number of nitrogens with zero attached hydrogens (tertiary/aromatic N) is 3. The second kappa shape index (κ2) is 7.97. The number of hydrogen-bond donors (Lipinski definition) is 1. The van der Waals surface area contributed by atoms with E-state index in [1.807, 2.05) is 30.3 Å². The van der Waals surface area contributed by atoms with Gasteiger partial charge in [0.25, 0.3) is 0 Å². The quantitative estimate of drug-likeness (QED) is 0.446. The molecule has 0 aliphatic rings. The zero-order valence-corrected chi connectivity index (χ0v) is 16.1. The molecular weight excluding hydrogens is 416 g/mol. The summed E-state index contributed by atoms with van der Waals surface area (Å²) < 4.78 is 33.5. The van der Waals surface area contributed by atoms with Gasteiger partial charge in [-0.3, -0.25) is 0 Å². The zero-order valence-electron chi connectivity index (χ0n) is 12.9. The summed E-state index contributed by atoms with van der Waals surface area (Å²) in [5, 5.41) is 2.10. The highest BCUT2D eigenvalue weighted by Crippen LogP contribution is 2.34. The first-order valence-electron chi connectivity index (χ1n) is 6.62. The van der Waals surface area contributed by atoms with Crippen LogP contribution in [0.1, 0.15) is 0 Å². The first kappa shape index (κ1) is 18.7. The largest absolute Gasteiger partial charge is 0.416 e. The third-order valence-corrected chi connectivity index (χ3v) is 5.51. The van der Waals surface area contributed by atoms with Crippen molar-refractivity contribution in [3.8, 4) is 5.75 Å². The number of halogens is 1. The Morgan fingerprint density at radius 1 is 1.29 bits per heavy atom. The molecule has 0 aliphatic carbocycles. The van der Waals surface area contributed by atoms with Crippen molar-refractivity contribution in [2.45, 2.75) is 0 Å². The lowest BCUT2D eigenvalue weighted by molar-refractivity contribution is 0.523. The minimum atomic E-state index is -3.71. The van der Waals surface area contributed by atoms with Crippen molar-refractivity contribution in [1.82, 2.24) is 4.31 Å². The summed E-state index contributed by atoms with van der Waals surface area (Å²) in [6, 6.07) is 11.6. The van der Waals surface area contributed by atoms with Gasteiger partial charge >= 0.3 is 10.2 Å². The molecule has 0 heterocycles. The highest BCUT2D eigenvalue weighted by atomic mass is 79.9. The molecule has 128 valence electrons. The maximum atomic E-state index is 11.4. The Morgan fingerprint density at radius 2 is 2.00 bits per heavy atom. The van der Waals surface area contributed by atoms with Gasteiger partial charge in [0.15, 0.2) is 5.75 Å². The molecule has 0 unspecified atom stereocenters. The van der Waals surface area contributed by atoms with Crippen molar-refractivity contribution in [1.29, 1.82) is 0 Å². The first-order chi connectivity index (χ1) is 11.3. The molecule has 0 amide bonds. The molecule has 2 aromatic carbocycles. The lowest BCUT2D eigenvalue weighted by Gasteiger charge is -2.08. The Morgan fingerprint density at radius 3 is 2.71 bits per heavy atom. The minimum Gasteiger partial charge on any atom is -0.416 e. The Bertz CT molecular complexity index is 898. The Labute approximate surface area is 153 Å². The number of amidine groups is 1. The number of nitrogens with two attached hydrogens (primary N) is 1. The van der Waals surface area contributed by atoms with Gasteiger partial charge in [-0.25, -0.2) is 4.99 Å². The van der Waals surface area contributed by atoms with E-state index in [0.29, 0.717) is 5.75 Å². The standard InChI is InChI=1S/C14H15BrN4O3S2/c1-19(2)24(20,21)18-9-17-14(16)23-22-12-8-7-10-5-3-4-6-11(10)13(12)15/h3-9H,1-2H3,(H2,16,17,18). The maximum absolute atomic E-state index is 11.4. The van der Waals surface area contributed by atoms with Gasteiger partial charge in [0.05, 0.1) is 4.47 Å². The maximum Gasteiger partial charge on any atom is 0.323 e. The summed E-state index contributed by atoms with van der Waals surface area (Å²) in [4.78, 5) is 3.72. The van der Waals surface area contributed by atoms with Crippen LogP contribution in [0.2, 0.25) is 0 Å². The molecule has 2 rings (SSSR count). The molecule has 0 bridgehead atoms. The van der Waals surface area contributed by atoms with Crippen LogP contribution >= 0.6 is 28.0 Å². The monoisotopic (exact) mass is 430 g/mol. The molecule has 24 heavy (non-hydrogen) atoms. The average Bonchev–Trinajstić information content (AvgIpc) is 2.54. The normalized spacial score (nSPS) is 13.1. The van der Waals surface area contributed by atoms with E-state index in [9.17, 15) is 8.42 Å². The number of aliphatic imine (C=N–C) groups is 1. The van der Waals surface area contributed by atoms with Crippen LogP contribution in [-0.2, 0) is 10.2 Å². The summed E-state index contributed by atoms with van der Waals surface area (Å²) in [5.41, 5.74) is 5.66. The molecule has 0 fully saturated rings. The Kier molecular flexibility index (Phi) is 6.21. The molecule has 0 spiro atoms. The first-order valence-corrected chi connectivity index (χ1v) is 9.56. The van der Waals surface area contributed by atoms with Crippen LogP contribution < -0.4 is 9.92 Å². The van der Waals surface area contributed by atoms with Crippen molar-refractivity contribution in [3.05, 3.63) is 40.9 Å². The summed E-state index contributed by atoms with van der Waals surface area (Å²) in [6.07, 6.45) is 0.871. The lowest BCUT2D eigenvalue weighted by Crippen LogP contribution is -2.19. The van der Waals surface area contributed by atoms with Gasteiger partial charge in [0, 0.05) is 14.1 Å². The molecule has 7 nitrogen and oxygen atoms in total. The molecule has 2 N–H and O–H groups in total. The number of hydrogen-bond acceptors (Lipinski definition) is 4. The van der Waals surface area contributed by atoms with Crippen LogP contribution in [0.3, 0.4) is 0 Å². The van der Waals surface area contributed by atoms with Crippen molar-refractivity contribution >= 4 is 60.5 Å². The highest BCUT2D eigenvalue weighted by molar-refractivity contribution is 9.10. The van der Waals surface area contributed by atoms with E-state index in [0.717, 1.165) is 37.9 Å². The molecule has 2 aromatic rings. The van der Waals surface area contributed by atoms with E-state index in [1.54, 1.807) is 6.07 Å². The van der Waals surface area contributed by atoms with Crippen LogP contribution in [0, 0.1) is 0 Å². The van der Waals surface area contributed by atoms with Gasteiger partial charge in [0.1, 0.15) is 18.4 Å². The minimum absolute atomic E-state index is 0.0211. The van der Waals surface area contributed by atoms with E-state index in [1.165, 1.54) is 14.1 Å². The molecule has 0 saturated carbocycles. The number of rotatable bonds is 5. The summed E-state index contributed by atoms with van der Waals surface area (Å²) in [5.74, 6) is 0.578. The predicted octanol–water partition coefficient (Wildman–Crippen LogP) is 2.78. The van der Waals surface area contributed by atoms with Gasteiger partial charge in [0.2, 0.25) is 5.17 Å². The lowest BCUT2D eigenvalue weighted by atomic mass is 10.1. The molecule has 0 aliphatic heterocycles. The Balaban J connectivity index is 2.07. The van der Waals surface area contributed by atoms with Crippen molar-refractivity contribution in [3.63, 3.8) is 0 Å². The zero-order chi connectivity index (χ0) is 17.7. The SMILES string of the molecule is CN(C)S(=O)(=O)/N=C/N=C(N)SOc1ccc2ccccc2c1Br. The van der Waals surface area contributed by atoms with Crippen LogP contribution in [-0.4, -0.2) is 38.3 Å². The van der Waals surface area contributed by atoms with E-state index in [2.05, 4.69) is 25.3 Å². The molecule has 0 radical (unpaired) electrons.